The third kappa shape index (κ3) is 2.39. The average molecular weight is 357 g/mol. The summed E-state index contributed by atoms with van der Waals surface area (Å²) in [6.07, 6.45) is -4.50. The number of halogens is 4. The number of anilines is 1. The number of benzene rings is 1. The highest BCUT2D eigenvalue weighted by molar-refractivity contribution is 6.29. The molecule has 0 radical (unpaired) electrons. The Kier molecular flexibility index (Phi) is 3.71. The molecule has 4 nitrogen and oxygen atoms in total. The lowest BCUT2D eigenvalue weighted by Gasteiger charge is -2.24. The Hall–Kier alpha value is -2.28. The molecule has 1 aliphatic rings. The van der Waals surface area contributed by atoms with Crippen molar-refractivity contribution in [3.05, 3.63) is 52.3 Å². The first-order chi connectivity index (χ1) is 11.2. The summed E-state index contributed by atoms with van der Waals surface area (Å²) >= 11 is 5.93. The van der Waals surface area contributed by atoms with Crippen LogP contribution in [0.4, 0.5) is 18.9 Å². The lowest BCUT2D eigenvalue weighted by molar-refractivity contribution is -0.137. The van der Waals surface area contributed by atoms with Crippen LogP contribution in [-0.4, -0.2) is 18.0 Å². The maximum Gasteiger partial charge on any atom is 0.416 e. The maximum atomic E-state index is 12.9. The fourth-order valence-electron chi connectivity index (χ4n) is 2.81. The largest absolute Gasteiger partial charge is 0.495 e. The number of amides is 1. The summed E-state index contributed by atoms with van der Waals surface area (Å²) in [4.78, 5) is 16.7. The van der Waals surface area contributed by atoms with Crippen LogP contribution in [0.25, 0.3) is 0 Å². The normalized spacial score (nSPS) is 19.8. The molecule has 0 fully saturated rings. The van der Waals surface area contributed by atoms with Crippen LogP contribution in [0.2, 0.25) is 5.15 Å². The minimum Gasteiger partial charge on any atom is -0.495 e. The fraction of sp³-hybridized carbons (Fsp3) is 0.250. The first-order valence-corrected chi connectivity index (χ1v) is 7.30. The van der Waals surface area contributed by atoms with Crippen LogP contribution in [0.15, 0.2) is 30.3 Å². The zero-order valence-corrected chi connectivity index (χ0v) is 13.4. The Morgan fingerprint density at radius 2 is 1.96 bits per heavy atom. The molecule has 8 heteroatoms. The quantitative estimate of drug-likeness (QED) is 0.827. The van der Waals surface area contributed by atoms with Gasteiger partial charge in [0, 0.05) is 5.69 Å². The van der Waals surface area contributed by atoms with Gasteiger partial charge in [0.25, 0.3) is 0 Å². The smallest absolute Gasteiger partial charge is 0.416 e. The van der Waals surface area contributed by atoms with E-state index < -0.39 is 23.1 Å². The van der Waals surface area contributed by atoms with E-state index in [-0.39, 0.29) is 16.5 Å². The van der Waals surface area contributed by atoms with Gasteiger partial charge in [-0.15, -0.1) is 0 Å². The summed E-state index contributed by atoms with van der Waals surface area (Å²) < 4.78 is 43.9. The van der Waals surface area contributed by atoms with Crippen LogP contribution in [0.1, 0.15) is 23.7 Å². The predicted molar refractivity (Wildman–Crippen MR) is 82.3 cm³/mol. The molecule has 1 amide bonds. The van der Waals surface area contributed by atoms with E-state index in [2.05, 4.69) is 10.3 Å². The molecule has 3 rings (SSSR count). The molecule has 1 atom stereocenters. The van der Waals surface area contributed by atoms with Gasteiger partial charge in [0.2, 0.25) is 5.91 Å². The van der Waals surface area contributed by atoms with Crippen molar-refractivity contribution in [2.45, 2.75) is 18.5 Å². The van der Waals surface area contributed by atoms with Crippen molar-refractivity contribution in [1.29, 1.82) is 0 Å². The highest BCUT2D eigenvalue weighted by atomic mass is 35.5. The number of methoxy groups -OCH3 is 1. The number of ether oxygens (including phenoxy) is 1. The molecule has 0 saturated carbocycles. The number of aromatic nitrogens is 1. The van der Waals surface area contributed by atoms with Crippen molar-refractivity contribution < 1.29 is 22.7 Å². The van der Waals surface area contributed by atoms with Crippen molar-refractivity contribution in [2.24, 2.45) is 0 Å². The molecule has 1 aliphatic heterocycles. The Bertz CT molecular complexity index is 839. The monoisotopic (exact) mass is 356 g/mol. The number of rotatable bonds is 2. The van der Waals surface area contributed by atoms with Crippen LogP contribution < -0.4 is 10.1 Å². The van der Waals surface area contributed by atoms with E-state index in [1.807, 2.05) is 0 Å². The third-order valence-corrected chi connectivity index (χ3v) is 4.32. The molecule has 1 N–H and O–H groups in total. The molecule has 0 unspecified atom stereocenters. The van der Waals surface area contributed by atoms with Crippen LogP contribution in [0.5, 0.6) is 5.75 Å². The number of nitrogens with one attached hydrogen (secondary N) is 1. The van der Waals surface area contributed by atoms with Gasteiger partial charge in [-0.1, -0.05) is 17.7 Å². The van der Waals surface area contributed by atoms with Crippen molar-refractivity contribution >= 4 is 23.2 Å². The summed E-state index contributed by atoms with van der Waals surface area (Å²) in [7, 11) is 1.41. The summed E-state index contributed by atoms with van der Waals surface area (Å²) in [6.45, 7) is 1.57. The van der Waals surface area contributed by atoms with Crippen molar-refractivity contribution in [1.82, 2.24) is 4.98 Å². The summed E-state index contributed by atoms with van der Waals surface area (Å²) in [5.41, 5.74) is -1.42. The second kappa shape index (κ2) is 5.37. The number of carbonyl (C=O) groups is 1. The predicted octanol–water partition coefficient (Wildman–Crippen LogP) is 4.02. The Morgan fingerprint density at radius 1 is 1.25 bits per heavy atom. The average Bonchev–Trinajstić information content (AvgIpc) is 2.78. The number of fused-ring (bicyclic) bond motifs is 1. The van der Waals surface area contributed by atoms with Gasteiger partial charge in [-0.3, -0.25) is 4.79 Å². The molecule has 1 aromatic heterocycles. The van der Waals surface area contributed by atoms with Gasteiger partial charge in [0.1, 0.15) is 22.0 Å². The van der Waals surface area contributed by atoms with Gasteiger partial charge in [-0.05, 0) is 36.8 Å². The molecular formula is C16H12ClF3N2O2. The third-order valence-electron chi connectivity index (χ3n) is 4.11. The van der Waals surface area contributed by atoms with Crippen molar-refractivity contribution in [3.8, 4) is 5.75 Å². The molecule has 0 aliphatic carbocycles. The molecule has 24 heavy (non-hydrogen) atoms. The summed E-state index contributed by atoms with van der Waals surface area (Å²) in [5.74, 6) is -0.172. The first-order valence-electron chi connectivity index (χ1n) is 6.92. The van der Waals surface area contributed by atoms with Crippen LogP contribution >= 0.6 is 11.6 Å². The molecular weight excluding hydrogens is 345 g/mol. The number of carbonyl (C=O) groups excluding carboxylic acids is 1. The topological polar surface area (TPSA) is 51.2 Å². The second-order valence-electron chi connectivity index (χ2n) is 5.52. The SMILES string of the molecule is COc1ccc(Cl)nc1[C@]1(C)C(=O)Nc2cc(C(F)(F)F)ccc21. The summed E-state index contributed by atoms with van der Waals surface area (Å²) in [5, 5.41) is 2.65. The van der Waals surface area contributed by atoms with Gasteiger partial charge in [-0.25, -0.2) is 4.98 Å². The zero-order chi connectivity index (χ0) is 17.7. The van der Waals surface area contributed by atoms with Crippen LogP contribution in [0.3, 0.4) is 0 Å². The van der Waals surface area contributed by atoms with Gasteiger partial charge in [-0.2, -0.15) is 13.2 Å². The second-order valence-corrected chi connectivity index (χ2v) is 5.91. The lowest BCUT2D eigenvalue weighted by Crippen LogP contribution is -2.33. The standard InChI is InChI=1S/C16H12ClF3N2O2/c1-15(13-11(24-2)5-6-12(17)22-13)9-4-3-8(16(18,19)20)7-10(9)21-14(15)23/h3-7H,1-2H3,(H,21,23)/t15-/m1/s1. The van der Waals surface area contributed by atoms with Gasteiger partial charge < -0.3 is 10.1 Å². The Labute approximate surface area is 140 Å². The Balaban J connectivity index is 2.21. The van der Waals surface area contributed by atoms with E-state index in [1.54, 1.807) is 13.0 Å². The van der Waals surface area contributed by atoms with Gasteiger partial charge >= 0.3 is 6.18 Å². The van der Waals surface area contributed by atoms with Crippen molar-refractivity contribution in [3.63, 3.8) is 0 Å². The fourth-order valence-corrected chi connectivity index (χ4v) is 2.96. The van der Waals surface area contributed by atoms with E-state index in [9.17, 15) is 18.0 Å². The minimum absolute atomic E-state index is 0.0983. The zero-order valence-electron chi connectivity index (χ0n) is 12.7. The maximum absolute atomic E-state index is 12.9. The van der Waals surface area contributed by atoms with E-state index in [0.29, 0.717) is 11.3 Å². The molecule has 0 bridgehead atoms. The van der Waals surface area contributed by atoms with E-state index >= 15 is 0 Å². The van der Waals surface area contributed by atoms with E-state index in [1.165, 1.54) is 19.2 Å². The Morgan fingerprint density at radius 3 is 2.58 bits per heavy atom. The first kappa shape index (κ1) is 16.6. The molecule has 2 aromatic rings. The molecule has 126 valence electrons. The number of nitrogens with zero attached hydrogens (tertiary/aromatic N) is 1. The molecule has 0 spiro atoms. The number of pyridine rings is 1. The van der Waals surface area contributed by atoms with Crippen LogP contribution in [-0.2, 0) is 16.4 Å². The minimum atomic E-state index is -4.50. The van der Waals surface area contributed by atoms with E-state index in [0.717, 1.165) is 12.1 Å². The van der Waals surface area contributed by atoms with Gasteiger partial charge in [0.15, 0.2) is 0 Å². The lowest BCUT2D eigenvalue weighted by atomic mass is 9.79. The van der Waals surface area contributed by atoms with Crippen molar-refractivity contribution in [2.75, 3.05) is 12.4 Å². The summed E-state index contributed by atoms with van der Waals surface area (Å²) in [6, 6.07) is 6.20. The number of hydrogen-bond donors (Lipinski definition) is 1. The molecule has 1 aromatic carbocycles. The molecule has 0 saturated heterocycles. The highest BCUT2D eigenvalue weighted by Crippen LogP contribution is 2.46. The van der Waals surface area contributed by atoms with E-state index in [4.69, 9.17) is 16.3 Å². The molecule has 2 heterocycles. The highest BCUT2D eigenvalue weighted by Gasteiger charge is 2.48. The number of hydrogen-bond acceptors (Lipinski definition) is 3. The number of alkyl halides is 3. The van der Waals surface area contributed by atoms with Gasteiger partial charge in [0.05, 0.1) is 12.7 Å². The van der Waals surface area contributed by atoms with Crippen LogP contribution in [0, 0.1) is 0 Å².